The number of ether oxygens (including phenoxy) is 1. The molecule has 0 unspecified atom stereocenters. The molecule has 2 N–H and O–H groups in total. The van der Waals surface area contributed by atoms with Crippen LogP contribution in [-0.2, 0) is 24.0 Å². The van der Waals surface area contributed by atoms with Crippen molar-refractivity contribution in [1.82, 2.24) is 4.90 Å². The minimum absolute atomic E-state index is 0.0388. The molecule has 0 aromatic carbocycles. The van der Waals surface area contributed by atoms with Gasteiger partial charge in [-0.05, 0) is 59.5 Å². The molecule has 2 amide bonds. The van der Waals surface area contributed by atoms with Gasteiger partial charge in [0.15, 0.2) is 0 Å². The summed E-state index contributed by atoms with van der Waals surface area (Å²) in [6, 6.07) is 0. The van der Waals surface area contributed by atoms with Gasteiger partial charge < -0.3 is 19.8 Å². The summed E-state index contributed by atoms with van der Waals surface area (Å²) < 4.78 is 4.91. The van der Waals surface area contributed by atoms with E-state index in [2.05, 4.69) is 25.1 Å². The number of carbonyl (C=O) groups is 3. The maximum Gasteiger partial charge on any atom is 0.307 e. The number of oxime groups is 1. The molecular formula is C27H40N2O7. The summed E-state index contributed by atoms with van der Waals surface area (Å²) in [5, 5.41) is 25.7. The maximum absolute atomic E-state index is 13.3. The minimum Gasteiger partial charge on any atom is -0.466 e. The lowest BCUT2D eigenvalue weighted by Gasteiger charge is -2.45. The first-order valence-electron chi connectivity index (χ1n) is 13.0. The van der Waals surface area contributed by atoms with Crippen molar-refractivity contribution in [2.75, 3.05) is 19.8 Å². The summed E-state index contributed by atoms with van der Waals surface area (Å²) in [6.45, 7) is 8.38. The summed E-state index contributed by atoms with van der Waals surface area (Å²) >= 11 is 0. The Labute approximate surface area is 213 Å². The molecule has 3 fully saturated rings. The number of esters is 1. The second-order valence-corrected chi connectivity index (χ2v) is 10.3. The van der Waals surface area contributed by atoms with E-state index in [0.717, 1.165) is 17.7 Å². The average molecular weight is 505 g/mol. The van der Waals surface area contributed by atoms with Gasteiger partial charge in [-0.2, -0.15) is 0 Å². The van der Waals surface area contributed by atoms with E-state index in [-0.39, 0.29) is 37.8 Å². The van der Waals surface area contributed by atoms with Gasteiger partial charge in [0.1, 0.15) is 6.61 Å². The molecule has 1 heterocycles. The zero-order chi connectivity index (χ0) is 26.4. The third-order valence-electron chi connectivity index (χ3n) is 7.49. The van der Waals surface area contributed by atoms with E-state index in [1.807, 2.05) is 13.0 Å². The van der Waals surface area contributed by atoms with Crippen LogP contribution in [0.2, 0.25) is 0 Å². The number of allylic oxidation sites excluding steroid dienone is 3. The Kier molecular flexibility index (Phi) is 9.84. The van der Waals surface area contributed by atoms with Crippen LogP contribution >= 0.6 is 0 Å². The Balaban J connectivity index is 1.68. The fraction of sp³-hybridized carbons (Fsp3) is 0.704. The van der Waals surface area contributed by atoms with E-state index in [4.69, 9.17) is 9.57 Å². The number of carbonyl (C=O) groups excluding carboxylic acids is 3. The van der Waals surface area contributed by atoms with Crippen LogP contribution in [0.1, 0.15) is 66.2 Å². The van der Waals surface area contributed by atoms with Gasteiger partial charge in [0.2, 0.25) is 11.8 Å². The number of fused-ring (bicyclic) bond motifs is 3. The maximum atomic E-state index is 13.3. The van der Waals surface area contributed by atoms with Crippen LogP contribution in [0.15, 0.2) is 28.5 Å². The molecule has 2 aliphatic carbocycles. The first kappa shape index (κ1) is 28.1. The lowest BCUT2D eigenvalue weighted by molar-refractivity contribution is -0.145. The predicted molar refractivity (Wildman–Crippen MR) is 134 cm³/mol. The molecule has 9 heteroatoms. The highest BCUT2D eigenvalue weighted by molar-refractivity contribution is 6.06. The number of likely N-dealkylation sites (tertiary alicyclic amines) is 1. The number of nitrogens with zero attached hydrogens (tertiary/aromatic N) is 2. The normalized spacial score (nSPS) is 31.2. The molecule has 1 aliphatic heterocycles. The van der Waals surface area contributed by atoms with Crippen molar-refractivity contribution in [2.45, 2.75) is 78.4 Å². The smallest absolute Gasteiger partial charge is 0.307 e. The molecule has 3 aliphatic rings. The fourth-order valence-electron chi connectivity index (χ4n) is 5.69. The van der Waals surface area contributed by atoms with Gasteiger partial charge in [0.25, 0.3) is 0 Å². The van der Waals surface area contributed by atoms with Crippen molar-refractivity contribution < 1.29 is 34.2 Å². The molecule has 200 valence electrons. The molecule has 3 rings (SSSR count). The number of imide groups is 1. The van der Waals surface area contributed by atoms with Crippen LogP contribution in [-0.4, -0.2) is 70.6 Å². The highest BCUT2D eigenvalue weighted by Gasteiger charge is 2.59. The van der Waals surface area contributed by atoms with Crippen molar-refractivity contribution in [3.63, 3.8) is 0 Å². The van der Waals surface area contributed by atoms with Crippen molar-refractivity contribution in [3.8, 4) is 0 Å². The highest BCUT2D eigenvalue weighted by atomic mass is 16.6. The second-order valence-electron chi connectivity index (χ2n) is 10.3. The van der Waals surface area contributed by atoms with E-state index in [1.54, 1.807) is 6.92 Å². The molecule has 6 atom stereocenters. The zero-order valence-electron chi connectivity index (χ0n) is 21.8. The Morgan fingerprint density at radius 3 is 2.50 bits per heavy atom. The monoisotopic (exact) mass is 504 g/mol. The number of hydrogen-bond acceptors (Lipinski definition) is 8. The van der Waals surface area contributed by atoms with Crippen molar-refractivity contribution in [3.05, 3.63) is 23.3 Å². The summed E-state index contributed by atoms with van der Waals surface area (Å²) in [7, 11) is 0. The lowest BCUT2D eigenvalue weighted by atomic mass is 9.60. The Morgan fingerprint density at radius 1 is 1.08 bits per heavy atom. The molecule has 9 nitrogen and oxygen atoms in total. The third-order valence-corrected chi connectivity index (χ3v) is 7.49. The first-order chi connectivity index (χ1) is 17.1. The van der Waals surface area contributed by atoms with Gasteiger partial charge in [0.05, 0.1) is 42.8 Å². The molecule has 0 bridgehead atoms. The molecule has 0 radical (unpaired) electrons. The van der Waals surface area contributed by atoms with Gasteiger partial charge >= 0.3 is 5.97 Å². The lowest BCUT2D eigenvalue weighted by Crippen LogP contribution is -2.54. The second kappa shape index (κ2) is 12.6. The SMILES string of the molecule is CCOC(=O)CCN1C(=O)[C@H]2[C@H]3[C@H](O)[C@H](O)C/C(=N\OC/C=C(\C)CCC=C(C)C)[C@@H]3CC[C@H]2C1=O. The van der Waals surface area contributed by atoms with Gasteiger partial charge in [-0.25, -0.2) is 0 Å². The molecule has 0 aromatic heterocycles. The van der Waals surface area contributed by atoms with Crippen molar-refractivity contribution in [2.24, 2.45) is 28.8 Å². The van der Waals surface area contributed by atoms with E-state index < -0.39 is 41.8 Å². The largest absolute Gasteiger partial charge is 0.466 e. The van der Waals surface area contributed by atoms with Gasteiger partial charge in [-0.1, -0.05) is 22.4 Å². The zero-order valence-corrected chi connectivity index (χ0v) is 21.8. The number of aliphatic hydroxyl groups is 2. The number of amides is 2. The summed E-state index contributed by atoms with van der Waals surface area (Å²) in [6.07, 6.45) is 5.00. The molecular weight excluding hydrogens is 464 g/mol. The minimum atomic E-state index is -1.14. The van der Waals surface area contributed by atoms with E-state index in [9.17, 15) is 24.6 Å². The van der Waals surface area contributed by atoms with E-state index in [1.165, 1.54) is 11.1 Å². The van der Waals surface area contributed by atoms with Crippen molar-refractivity contribution >= 4 is 23.5 Å². The Morgan fingerprint density at radius 2 is 1.81 bits per heavy atom. The van der Waals surface area contributed by atoms with E-state index >= 15 is 0 Å². The van der Waals surface area contributed by atoms with Crippen LogP contribution in [0.4, 0.5) is 0 Å². The van der Waals surface area contributed by atoms with Crippen molar-refractivity contribution in [1.29, 1.82) is 0 Å². The predicted octanol–water partition coefficient (Wildman–Crippen LogP) is 2.76. The molecule has 36 heavy (non-hydrogen) atoms. The Hall–Kier alpha value is -2.52. The summed E-state index contributed by atoms with van der Waals surface area (Å²) in [5.41, 5.74) is 3.11. The molecule has 2 saturated carbocycles. The van der Waals surface area contributed by atoms with E-state index in [0.29, 0.717) is 25.2 Å². The standard InChI is InChI=1S/C27H40N2O7/c1-5-35-22(31)11-13-29-26(33)19-10-9-18-20(15-21(30)25(32)23(18)24(19)27(29)34)28-36-14-12-17(4)8-6-7-16(2)3/h7,12,18-19,21,23-25,30,32H,5-6,8-11,13-15H2,1-4H3/b17-12+,28-20+/t18-,19+,21+,23-,24+,25+/m0/s1. The number of rotatable bonds is 10. The van der Waals surface area contributed by atoms with Gasteiger partial charge in [0, 0.05) is 24.8 Å². The third kappa shape index (κ3) is 6.42. The van der Waals surface area contributed by atoms with Crippen LogP contribution in [0.3, 0.4) is 0 Å². The summed E-state index contributed by atoms with van der Waals surface area (Å²) in [5.74, 6) is -3.36. The van der Waals surface area contributed by atoms with Gasteiger partial charge in [-0.15, -0.1) is 0 Å². The number of aliphatic hydroxyl groups excluding tert-OH is 2. The topological polar surface area (TPSA) is 126 Å². The fourth-order valence-corrected chi connectivity index (χ4v) is 5.69. The Bertz CT molecular complexity index is 921. The number of hydrogen-bond donors (Lipinski definition) is 2. The van der Waals surface area contributed by atoms with Gasteiger partial charge in [-0.3, -0.25) is 19.3 Å². The molecule has 0 aromatic rings. The highest BCUT2D eigenvalue weighted by Crippen LogP contribution is 2.49. The average Bonchev–Trinajstić information content (AvgIpc) is 3.07. The van der Waals surface area contributed by atoms with Crippen LogP contribution in [0, 0.1) is 23.7 Å². The quantitative estimate of drug-likeness (QED) is 0.154. The first-order valence-corrected chi connectivity index (χ1v) is 13.0. The molecule has 0 spiro atoms. The molecule has 1 saturated heterocycles. The summed E-state index contributed by atoms with van der Waals surface area (Å²) in [4.78, 5) is 44.7. The van der Waals surface area contributed by atoms with Crippen LogP contribution < -0.4 is 0 Å². The van der Waals surface area contributed by atoms with Crippen LogP contribution in [0.5, 0.6) is 0 Å². The van der Waals surface area contributed by atoms with Crippen LogP contribution in [0.25, 0.3) is 0 Å².